The van der Waals surface area contributed by atoms with Gasteiger partial charge in [-0.3, -0.25) is 0 Å². The second-order valence-electron chi connectivity index (χ2n) is 2.26. The van der Waals surface area contributed by atoms with Crippen molar-refractivity contribution in [3.05, 3.63) is 30.5 Å². The fourth-order valence-corrected chi connectivity index (χ4v) is 1.09. The second kappa shape index (κ2) is 3.45. The molecule has 1 heterocycles. The Morgan fingerprint density at radius 1 is 1.33 bits per heavy atom. The Morgan fingerprint density at radius 2 is 2.08 bits per heavy atom. The molecule has 0 amide bonds. The van der Waals surface area contributed by atoms with Crippen molar-refractivity contribution in [1.82, 2.24) is 9.94 Å². The molecule has 0 radical (unpaired) electrons. The summed E-state index contributed by atoms with van der Waals surface area (Å²) < 4.78 is 0. The van der Waals surface area contributed by atoms with Gasteiger partial charge in [-0.25, -0.2) is 0 Å². The summed E-state index contributed by atoms with van der Waals surface area (Å²) in [7, 11) is 1.60. The quantitative estimate of drug-likeness (QED) is 0.672. The van der Waals surface area contributed by atoms with Gasteiger partial charge < -0.3 is 4.84 Å². The number of halogens is 1. The van der Waals surface area contributed by atoms with Crippen LogP contribution >= 0.6 is 12.4 Å². The third-order valence-corrected chi connectivity index (χ3v) is 1.62. The minimum absolute atomic E-state index is 0. The second-order valence-corrected chi connectivity index (χ2v) is 2.26. The third kappa shape index (κ3) is 1.23. The number of para-hydroxylation sites is 1. The van der Waals surface area contributed by atoms with Crippen LogP contribution in [0.15, 0.2) is 30.5 Å². The van der Waals surface area contributed by atoms with Crippen molar-refractivity contribution in [2.45, 2.75) is 0 Å². The molecule has 0 N–H and O–H groups in total. The van der Waals surface area contributed by atoms with Crippen molar-refractivity contribution in [2.24, 2.45) is 0 Å². The van der Waals surface area contributed by atoms with E-state index in [1.165, 1.54) is 4.85 Å². The summed E-state index contributed by atoms with van der Waals surface area (Å²) in [5.74, 6) is 0. The summed E-state index contributed by atoms with van der Waals surface area (Å²) in [6, 6.07) is 7.90. The van der Waals surface area contributed by atoms with Crippen molar-refractivity contribution in [3.8, 4) is 0 Å². The maximum atomic E-state index is 4.97. The van der Waals surface area contributed by atoms with Crippen molar-refractivity contribution in [3.63, 3.8) is 0 Å². The Kier molecular flexibility index (Phi) is 2.55. The van der Waals surface area contributed by atoms with Gasteiger partial charge in [-0.1, -0.05) is 23.0 Å². The van der Waals surface area contributed by atoms with E-state index in [1.54, 1.807) is 13.3 Å². The molecule has 0 aliphatic rings. The predicted molar refractivity (Wildman–Crippen MR) is 49.5 cm³/mol. The van der Waals surface area contributed by atoms with Gasteiger partial charge in [0.15, 0.2) is 0 Å². The fraction of sp³-hybridized carbons (Fsp3) is 0.125. The summed E-state index contributed by atoms with van der Waals surface area (Å²) in [6.45, 7) is 0. The fourth-order valence-electron chi connectivity index (χ4n) is 1.09. The van der Waals surface area contributed by atoms with E-state index < -0.39 is 0 Å². The molecule has 0 saturated carbocycles. The molecule has 0 bridgehead atoms. The van der Waals surface area contributed by atoms with Crippen LogP contribution in [-0.4, -0.2) is 17.1 Å². The molecular weight excluding hydrogens is 176 g/mol. The lowest BCUT2D eigenvalue weighted by molar-refractivity contribution is 0.145. The van der Waals surface area contributed by atoms with Crippen molar-refractivity contribution < 1.29 is 4.84 Å². The van der Waals surface area contributed by atoms with Crippen LogP contribution in [0, 0.1) is 0 Å². The smallest absolute Gasteiger partial charge is 0.110 e. The molecule has 64 valence electrons. The molecule has 1 aromatic heterocycles. The van der Waals surface area contributed by atoms with Crippen LogP contribution in [0.5, 0.6) is 0 Å². The molecule has 0 aliphatic heterocycles. The normalized spacial score (nSPS) is 9.42. The maximum absolute atomic E-state index is 4.97. The average Bonchev–Trinajstić information content (AvgIpc) is 2.47. The van der Waals surface area contributed by atoms with Gasteiger partial charge in [0.25, 0.3) is 0 Å². The van der Waals surface area contributed by atoms with E-state index in [1.807, 2.05) is 24.3 Å². The molecule has 0 fully saturated rings. The molecule has 3 nitrogen and oxygen atoms in total. The van der Waals surface area contributed by atoms with Gasteiger partial charge in [-0.15, -0.1) is 17.5 Å². The molecule has 0 unspecified atom stereocenters. The summed E-state index contributed by atoms with van der Waals surface area (Å²) in [5.41, 5.74) is 0.995. The first-order valence-corrected chi connectivity index (χ1v) is 3.39. The first-order valence-electron chi connectivity index (χ1n) is 3.39. The first-order chi connectivity index (χ1) is 5.42. The van der Waals surface area contributed by atoms with E-state index in [2.05, 4.69) is 5.10 Å². The van der Waals surface area contributed by atoms with Crippen molar-refractivity contribution >= 4 is 23.3 Å². The van der Waals surface area contributed by atoms with Crippen LogP contribution in [0.2, 0.25) is 0 Å². The third-order valence-electron chi connectivity index (χ3n) is 1.62. The Labute approximate surface area is 76.3 Å². The highest BCUT2D eigenvalue weighted by molar-refractivity contribution is 5.85. The van der Waals surface area contributed by atoms with Gasteiger partial charge in [-0.2, -0.15) is 0 Å². The Bertz CT molecular complexity index is 372. The minimum atomic E-state index is 0. The van der Waals surface area contributed by atoms with Crippen LogP contribution in [0.1, 0.15) is 0 Å². The Morgan fingerprint density at radius 3 is 2.83 bits per heavy atom. The van der Waals surface area contributed by atoms with Gasteiger partial charge in [0.05, 0.1) is 6.20 Å². The minimum Gasteiger partial charge on any atom is -0.400 e. The lowest BCUT2D eigenvalue weighted by Gasteiger charge is -1.97. The van der Waals surface area contributed by atoms with Crippen LogP contribution in [-0.2, 0) is 0 Å². The standard InChI is InChI=1S/C8H8N2O.ClH/c1-11-10-8-5-3-2-4-7(8)6-9-10;/h2-6H,1H3;1H. The molecule has 2 rings (SSSR count). The van der Waals surface area contributed by atoms with Crippen LogP contribution in [0.3, 0.4) is 0 Å². The first kappa shape index (κ1) is 8.87. The highest BCUT2D eigenvalue weighted by Gasteiger charge is 1.98. The zero-order valence-electron chi connectivity index (χ0n) is 6.60. The SMILES string of the molecule is COn1ncc2ccccc21.Cl. The molecule has 0 spiro atoms. The van der Waals surface area contributed by atoms with E-state index >= 15 is 0 Å². The van der Waals surface area contributed by atoms with Crippen LogP contribution in [0.4, 0.5) is 0 Å². The Balaban J connectivity index is 0.000000720. The molecule has 2 aromatic rings. The van der Waals surface area contributed by atoms with Gasteiger partial charge >= 0.3 is 0 Å². The van der Waals surface area contributed by atoms with E-state index in [0.29, 0.717) is 0 Å². The number of aromatic nitrogens is 2. The Hall–Kier alpha value is -1.22. The summed E-state index contributed by atoms with van der Waals surface area (Å²) in [6.07, 6.45) is 1.78. The number of rotatable bonds is 1. The van der Waals surface area contributed by atoms with Gasteiger partial charge in [0, 0.05) is 5.39 Å². The van der Waals surface area contributed by atoms with Crippen LogP contribution < -0.4 is 4.84 Å². The zero-order chi connectivity index (χ0) is 7.68. The molecule has 4 heteroatoms. The number of hydrogen-bond donors (Lipinski definition) is 0. The van der Waals surface area contributed by atoms with E-state index in [-0.39, 0.29) is 12.4 Å². The maximum Gasteiger partial charge on any atom is 0.110 e. The average molecular weight is 185 g/mol. The van der Waals surface area contributed by atoms with Gasteiger partial charge in [0.2, 0.25) is 0 Å². The van der Waals surface area contributed by atoms with E-state index in [4.69, 9.17) is 4.84 Å². The summed E-state index contributed by atoms with van der Waals surface area (Å²) in [4.78, 5) is 6.47. The predicted octanol–water partition coefficient (Wildman–Crippen LogP) is 1.52. The van der Waals surface area contributed by atoms with Gasteiger partial charge in [0.1, 0.15) is 12.6 Å². The van der Waals surface area contributed by atoms with Crippen LogP contribution in [0.25, 0.3) is 10.9 Å². The lowest BCUT2D eigenvalue weighted by Crippen LogP contribution is -2.06. The highest BCUT2D eigenvalue weighted by Crippen LogP contribution is 2.10. The number of fused-ring (bicyclic) bond motifs is 1. The molecular formula is C8H9ClN2O. The molecule has 12 heavy (non-hydrogen) atoms. The zero-order valence-corrected chi connectivity index (χ0v) is 7.41. The van der Waals surface area contributed by atoms with E-state index in [9.17, 15) is 0 Å². The lowest BCUT2D eigenvalue weighted by atomic mass is 10.3. The van der Waals surface area contributed by atoms with Gasteiger partial charge in [-0.05, 0) is 6.07 Å². The van der Waals surface area contributed by atoms with Crippen molar-refractivity contribution in [2.75, 3.05) is 7.11 Å². The molecule has 0 aliphatic carbocycles. The molecule has 0 atom stereocenters. The topological polar surface area (TPSA) is 27.1 Å². The van der Waals surface area contributed by atoms with Crippen molar-refractivity contribution in [1.29, 1.82) is 0 Å². The largest absolute Gasteiger partial charge is 0.400 e. The number of nitrogens with zero attached hydrogens (tertiary/aromatic N) is 2. The molecule has 1 aromatic carbocycles. The highest BCUT2D eigenvalue weighted by atomic mass is 35.5. The number of benzene rings is 1. The summed E-state index contributed by atoms with van der Waals surface area (Å²) in [5, 5.41) is 5.10. The molecule has 0 saturated heterocycles. The monoisotopic (exact) mass is 184 g/mol. The van der Waals surface area contributed by atoms with E-state index in [0.717, 1.165) is 10.9 Å². The number of hydrogen-bond acceptors (Lipinski definition) is 2. The summed E-state index contributed by atoms with van der Waals surface area (Å²) >= 11 is 0.